The second-order valence-electron chi connectivity index (χ2n) is 6.23. The van der Waals surface area contributed by atoms with Gasteiger partial charge in [0, 0.05) is 25.0 Å². The fourth-order valence-electron chi connectivity index (χ4n) is 3.16. The van der Waals surface area contributed by atoms with Crippen LogP contribution in [-0.4, -0.2) is 56.0 Å². The minimum absolute atomic E-state index is 0.0308. The molecule has 0 spiro atoms. The number of benzene rings is 1. The first-order valence-corrected chi connectivity index (χ1v) is 9.80. The van der Waals surface area contributed by atoms with Crippen molar-refractivity contribution in [3.63, 3.8) is 0 Å². The Hall–Kier alpha value is -1.57. The Kier molecular flexibility index (Phi) is 4.36. The highest BCUT2D eigenvalue weighted by Gasteiger charge is 2.38. The number of para-hydroxylation sites is 1. The number of hydrogen-bond donors (Lipinski definition) is 0. The molecule has 3 rings (SSSR count). The van der Waals surface area contributed by atoms with E-state index < -0.39 is 9.84 Å². The number of hydrogen-bond acceptors (Lipinski definition) is 5. The summed E-state index contributed by atoms with van der Waals surface area (Å²) in [6.45, 7) is 1.80. The van der Waals surface area contributed by atoms with Gasteiger partial charge in [0.1, 0.15) is 0 Å². The summed E-state index contributed by atoms with van der Waals surface area (Å²) in [6, 6.07) is 4.96. The number of sulfone groups is 1. The molecular formula is C16H19ClN2O4S. The summed E-state index contributed by atoms with van der Waals surface area (Å²) in [5.74, 6) is -0.0973. The monoisotopic (exact) mass is 370 g/mol. The lowest BCUT2D eigenvalue weighted by molar-refractivity contribution is -0.00160. The first kappa shape index (κ1) is 17.3. The van der Waals surface area contributed by atoms with Crippen molar-refractivity contribution in [1.82, 2.24) is 10.0 Å². The van der Waals surface area contributed by atoms with Crippen molar-refractivity contribution in [3.05, 3.63) is 34.5 Å². The third kappa shape index (κ3) is 2.92. The molecular weight excluding hydrogens is 352 g/mol. The molecule has 1 aliphatic heterocycles. The van der Waals surface area contributed by atoms with E-state index in [0.29, 0.717) is 22.6 Å². The Bertz CT molecular complexity index is 904. The number of fused-ring (bicyclic) bond motifs is 1. The smallest absolute Gasteiger partial charge is 0.304 e. The summed E-state index contributed by atoms with van der Waals surface area (Å²) in [4.78, 5) is 13.0. The highest BCUT2D eigenvalue weighted by atomic mass is 35.5. The highest BCUT2D eigenvalue weighted by molar-refractivity contribution is 7.91. The molecule has 0 saturated carbocycles. The van der Waals surface area contributed by atoms with Gasteiger partial charge in [0.25, 0.3) is 0 Å². The number of furan rings is 1. The van der Waals surface area contributed by atoms with Crippen LogP contribution in [0, 0.1) is 6.92 Å². The number of halogens is 1. The maximum Gasteiger partial charge on any atom is 0.304 e. The fourth-order valence-corrected chi connectivity index (χ4v) is 5.06. The van der Waals surface area contributed by atoms with Gasteiger partial charge in [-0.25, -0.2) is 13.4 Å². The molecule has 8 heteroatoms. The van der Waals surface area contributed by atoms with Crippen molar-refractivity contribution in [2.75, 3.05) is 25.6 Å². The van der Waals surface area contributed by atoms with Gasteiger partial charge in [-0.2, -0.15) is 0 Å². The first-order chi connectivity index (χ1) is 11.2. The van der Waals surface area contributed by atoms with Gasteiger partial charge in [-0.15, -0.1) is 0 Å². The van der Waals surface area contributed by atoms with E-state index in [2.05, 4.69) is 0 Å². The second-order valence-corrected chi connectivity index (χ2v) is 8.86. The van der Waals surface area contributed by atoms with Gasteiger partial charge < -0.3 is 4.42 Å². The van der Waals surface area contributed by atoms with Gasteiger partial charge in [0.05, 0.1) is 22.6 Å². The SMILES string of the molecule is Cc1c(C(=O)N(C2CCS(=O)(=O)C2)N(C)C)oc2c(Cl)cccc12. The van der Waals surface area contributed by atoms with Crippen LogP contribution in [0.3, 0.4) is 0 Å². The van der Waals surface area contributed by atoms with E-state index in [9.17, 15) is 13.2 Å². The third-order valence-electron chi connectivity index (χ3n) is 4.30. The maximum atomic E-state index is 13.0. The zero-order valence-electron chi connectivity index (χ0n) is 13.7. The van der Waals surface area contributed by atoms with Crippen LogP contribution in [0.4, 0.5) is 0 Å². The Morgan fingerprint density at radius 3 is 2.58 bits per heavy atom. The average Bonchev–Trinajstić information content (AvgIpc) is 3.01. The van der Waals surface area contributed by atoms with E-state index in [0.717, 1.165) is 5.39 Å². The van der Waals surface area contributed by atoms with Crippen LogP contribution in [0.5, 0.6) is 0 Å². The number of aryl methyl sites for hydroxylation is 1. The van der Waals surface area contributed by atoms with E-state index in [4.69, 9.17) is 16.0 Å². The summed E-state index contributed by atoms with van der Waals surface area (Å²) < 4.78 is 29.3. The molecule has 1 aliphatic rings. The van der Waals surface area contributed by atoms with Crippen LogP contribution in [0.1, 0.15) is 22.5 Å². The summed E-state index contributed by atoms with van der Waals surface area (Å²) in [5.41, 5.74) is 1.17. The van der Waals surface area contributed by atoms with E-state index in [1.165, 1.54) is 5.01 Å². The molecule has 2 heterocycles. The van der Waals surface area contributed by atoms with Crippen LogP contribution in [-0.2, 0) is 9.84 Å². The molecule has 0 radical (unpaired) electrons. The lowest BCUT2D eigenvalue weighted by Gasteiger charge is -2.33. The number of carbonyl (C=O) groups excluding carboxylic acids is 1. The Labute approximate surface area is 145 Å². The van der Waals surface area contributed by atoms with Gasteiger partial charge in [0.2, 0.25) is 0 Å². The Morgan fingerprint density at radius 2 is 2.04 bits per heavy atom. The molecule has 2 aromatic rings. The van der Waals surface area contributed by atoms with Gasteiger partial charge in [0.15, 0.2) is 21.2 Å². The van der Waals surface area contributed by atoms with Gasteiger partial charge in [-0.1, -0.05) is 23.7 Å². The van der Waals surface area contributed by atoms with Crippen molar-refractivity contribution in [2.24, 2.45) is 0 Å². The largest absolute Gasteiger partial charge is 0.449 e. The molecule has 1 aromatic heterocycles. The molecule has 1 amide bonds. The molecule has 1 unspecified atom stereocenters. The molecule has 1 fully saturated rings. The molecule has 1 aromatic carbocycles. The quantitative estimate of drug-likeness (QED) is 0.776. The van der Waals surface area contributed by atoms with E-state index in [1.807, 2.05) is 6.07 Å². The third-order valence-corrected chi connectivity index (χ3v) is 6.35. The average molecular weight is 371 g/mol. The van der Waals surface area contributed by atoms with E-state index >= 15 is 0 Å². The van der Waals surface area contributed by atoms with Crippen LogP contribution in [0.2, 0.25) is 5.02 Å². The standard InChI is InChI=1S/C16H19ClN2O4S/c1-10-12-5-4-6-13(17)15(12)23-14(10)16(20)19(18(2)3)11-7-8-24(21,22)9-11/h4-6,11H,7-9H2,1-3H3. The summed E-state index contributed by atoms with van der Waals surface area (Å²) >= 11 is 6.15. The van der Waals surface area contributed by atoms with Gasteiger partial charge in [-0.05, 0) is 19.4 Å². The number of carbonyl (C=O) groups is 1. The fraction of sp³-hybridized carbons (Fsp3) is 0.438. The van der Waals surface area contributed by atoms with Crippen molar-refractivity contribution in [1.29, 1.82) is 0 Å². The molecule has 1 saturated heterocycles. The molecule has 0 N–H and O–H groups in total. The minimum Gasteiger partial charge on any atom is -0.449 e. The van der Waals surface area contributed by atoms with Crippen molar-refractivity contribution < 1.29 is 17.6 Å². The summed E-state index contributed by atoms with van der Waals surface area (Å²) in [7, 11) is 0.329. The lowest BCUT2D eigenvalue weighted by atomic mass is 10.1. The van der Waals surface area contributed by atoms with Crippen LogP contribution >= 0.6 is 11.6 Å². The molecule has 130 valence electrons. The number of hydrazine groups is 1. The van der Waals surface area contributed by atoms with Crippen LogP contribution in [0.15, 0.2) is 22.6 Å². The minimum atomic E-state index is -3.10. The Balaban J connectivity index is 2.03. The lowest BCUT2D eigenvalue weighted by Crippen LogP contribution is -2.49. The normalized spacial score (nSPS) is 20.0. The summed E-state index contributed by atoms with van der Waals surface area (Å²) in [6.07, 6.45) is 0.423. The predicted molar refractivity (Wildman–Crippen MR) is 92.9 cm³/mol. The maximum absolute atomic E-state index is 13.0. The zero-order chi connectivity index (χ0) is 17.6. The number of nitrogens with zero attached hydrogens (tertiary/aromatic N) is 2. The molecule has 24 heavy (non-hydrogen) atoms. The number of amides is 1. The highest BCUT2D eigenvalue weighted by Crippen LogP contribution is 2.32. The van der Waals surface area contributed by atoms with Gasteiger partial charge >= 0.3 is 5.91 Å². The van der Waals surface area contributed by atoms with Crippen LogP contribution < -0.4 is 0 Å². The van der Waals surface area contributed by atoms with Crippen LogP contribution in [0.25, 0.3) is 11.0 Å². The molecule has 1 atom stereocenters. The summed E-state index contributed by atoms with van der Waals surface area (Å²) in [5, 5.41) is 4.30. The zero-order valence-corrected chi connectivity index (χ0v) is 15.3. The molecule has 0 bridgehead atoms. The van der Waals surface area contributed by atoms with Crippen molar-refractivity contribution in [3.8, 4) is 0 Å². The first-order valence-electron chi connectivity index (χ1n) is 7.60. The second kappa shape index (κ2) is 6.06. The Morgan fingerprint density at radius 1 is 1.33 bits per heavy atom. The number of rotatable bonds is 3. The predicted octanol–water partition coefficient (Wildman–Crippen LogP) is 2.50. The van der Waals surface area contributed by atoms with E-state index in [1.54, 1.807) is 38.2 Å². The van der Waals surface area contributed by atoms with Crippen molar-refractivity contribution >= 4 is 38.3 Å². The topological polar surface area (TPSA) is 70.8 Å². The molecule has 0 aliphatic carbocycles. The van der Waals surface area contributed by atoms with E-state index in [-0.39, 0.29) is 29.2 Å². The van der Waals surface area contributed by atoms with Crippen molar-refractivity contribution in [2.45, 2.75) is 19.4 Å². The molecule has 6 nitrogen and oxygen atoms in total. The van der Waals surface area contributed by atoms with Gasteiger partial charge in [-0.3, -0.25) is 9.80 Å².